The van der Waals surface area contributed by atoms with Crippen LogP contribution in [0.4, 0.5) is 0 Å². The van der Waals surface area contributed by atoms with Gasteiger partial charge in [-0.05, 0) is 144 Å². The van der Waals surface area contributed by atoms with Crippen LogP contribution >= 0.6 is 0 Å². The highest BCUT2D eigenvalue weighted by atomic mass is 15.2. The van der Waals surface area contributed by atoms with E-state index < -0.39 is 0 Å². The third kappa shape index (κ3) is 6.48. The predicted octanol–water partition coefficient (Wildman–Crippen LogP) is 10.9. The van der Waals surface area contributed by atoms with Crippen LogP contribution in [0.25, 0.3) is 0 Å². The van der Waals surface area contributed by atoms with Crippen molar-refractivity contribution < 1.29 is 0 Å². The minimum atomic E-state index is 0.0130. The van der Waals surface area contributed by atoms with Gasteiger partial charge in [-0.25, -0.2) is 0 Å². The van der Waals surface area contributed by atoms with Crippen molar-refractivity contribution in [2.24, 2.45) is 47.3 Å². The summed E-state index contributed by atoms with van der Waals surface area (Å²) >= 11 is 0. The third-order valence-corrected chi connectivity index (χ3v) is 15.0. The van der Waals surface area contributed by atoms with Crippen molar-refractivity contribution in [3.8, 4) is 12.1 Å². The molecule has 0 aromatic heterocycles. The molecule has 3 saturated carbocycles. The van der Waals surface area contributed by atoms with E-state index in [1.54, 1.807) is 16.8 Å². The fraction of sp³-hybridized carbons (Fsp3) is 0.696. The molecule has 266 valence electrons. The second kappa shape index (κ2) is 14.9. The van der Waals surface area contributed by atoms with Gasteiger partial charge in [-0.1, -0.05) is 80.7 Å². The molecular weight excluding hydrogens is 609 g/mol. The van der Waals surface area contributed by atoms with E-state index in [0.29, 0.717) is 41.9 Å². The molecule has 0 bridgehead atoms. The van der Waals surface area contributed by atoms with Gasteiger partial charge < -0.3 is 9.80 Å². The number of fused-ring (bicyclic) bond motifs is 5. The van der Waals surface area contributed by atoms with Gasteiger partial charge in [0, 0.05) is 29.5 Å². The van der Waals surface area contributed by atoms with E-state index in [1.165, 1.54) is 102 Å². The Balaban J connectivity index is 1.18. The molecule has 0 heterocycles. The molecule has 0 N–H and O–H groups in total. The first kappa shape index (κ1) is 34.1. The van der Waals surface area contributed by atoms with Crippen molar-refractivity contribution in [2.75, 3.05) is 0 Å². The summed E-state index contributed by atoms with van der Waals surface area (Å²) in [4.78, 5) is 5.89. The van der Waals surface area contributed by atoms with Gasteiger partial charge in [0.2, 0.25) is 0 Å². The van der Waals surface area contributed by atoms with Gasteiger partial charge in [0.05, 0.1) is 30.0 Å². The number of rotatable bonds is 6. The second-order valence-electron chi connectivity index (χ2n) is 17.8. The van der Waals surface area contributed by atoms with Crippen LogP contribution in [-0.2, 0) is 0 Å². The number of hydrogen-bond donors (Lipinski definition) is 0. The largest absolute Gasteiger partial charge is 0.365 e. The number of nitriles is 2. The van der Waals surface area contributed by atoms with Gasteiger partial charge in [0.1, 0.15) is 0 Å². The number of allylic oxidation sites excluding steroid dienone is 9. The predicted molar refractivity (Wildman–Crippen MR) is 203 cm³/mol. The lowest BCUT2D eigenvalue weighted by Crippen LogP contribution is -2.53. The van der Waals surface area contributed by atoms with E-state index >= 15 is 0 Å². The van der Waals surface area contributed by atoms with Crippen molar-refractivity contribution in [2.45, 2.75) is 154 Å². The lowest BCUT2D eigenvalue weighted by molar-refractivity contribution is 0.0285. The molecule has 4 nitrogen and oxygen atoms in total. The molecule has 8 aliphatic carbocycles. The fourth-order valence-corrected chi connectivity index (χ4v) is 12.5. The average Bonchev–Trinajstić information content (AvgIpc) is 3.16. The Bertz CT molecular complexity index is 1530. The standard InChI is InChI=1S/C46H62N4/c1-31-9-3-7-13-43(31)49(37-21-15-33(29-47)16-22-37)39-25-19-35-20-26-41-45(27-36-11-5-6-12-40(36)46(41)42(35)28-39)50(44-14-8-4-10-32(44)2)38-23-17-34(30-48)18-24-38/h9,15,17,20-23,26,32-36,38-40,42-44,46H,3-8,10-14,16,18-19,24-25,27-28H2,1-2H3. The lowest BCUT2D eigenvalue weighted by atomic mass is 9.54. The summed E-state index contributed by atoms with van der Waals surface area (Å²) in [5.41, 5.74) is 6.40. The van der Waals surface area contributed by atoms with Crippen LogP contribution in [0.1, 0.15) is 129 Å². The average molecular weight is 671 g/mol. The summed E-state index contributed by atoms with van der Waals surface area (Å²) in [5, 5.41) is 19.4. The number of nitrogens with zero attached hydrogens (tertiary/aromatic N) is 4. The van der Waals surface area contributed by atoms with Crippen LogP contribution in [0.15, 0.2) is 71.1 Å². The summed E-state index contributed by atoms with van der Waals surface area (Å²) < 4.78 is 0. The smallest absolute Gasteiger partial charge is 0.0700 e. The van der Waals surface area contributed by atoms with Crippen LogP contribution < -0.4 is 0 Å². The van der Waals surface area contributed by atoms with Crippen molar-refractivity contribution in [3.63, 3.8) is 0 Å². The Morgan fingerprint density at radius 3 is 2.32 bits per heavy atom. The summed E-state index contributed by atoms with van der Waals surface area (Å²) in [6, 6.07) is 7.13. The highest BCUT2D eigenvalue weighted by Gasteiger charge is 2.50. The molecular formula is C46H62N4. The van der Waals surface area contributed by atoms with E-state index in [2.05, 4.69) is 84.4 Å². The summed E-state index contributed by atoms with van der Waals surface area (Å²) in [7, 11) is 0. The third-order valence-electron chi connectivity index (χ3n) is 15.0. The van der Waals surface area contributed by atoms with Gasteiger partial charge in [0.25, 0.3) is 0 Å². The molecule has 0 radical (unpaired) electrons. The van der Waals surface area contributed by atoms with Crippen LogP contribution in [0.5, 0.6) is 0 Å². The Labute approximate surface area is 303 Å². The zero-order chi connectivity index (χ0) is 34.2. The summed E-state index contributed by atoms with van der Waals surface area (Å²) in [5.74, 6) is 4.52. The molecule has 0 aromatic carbocycles. The Kier molecular flexibility index (Phi) is 10.2. The highest BCUT2D eigenvalue weighted by Crippen LogP contribution is 2.57. The van der Waals surface area contributed by atoms with Crippen molar-refractivity contribution in [1.82, 2.24) is 9.80 Å². The fourth-order valence-electron chi connectivity index (χ4n) is 12.5. The molecule has 12 atom stereocenters. The zero-order valence-electron chi connectivity index (χ0n) is 31.1. The van der Waals surface area contributed by atoms with E-state index in [-0.39, 0.29) is 11.8 Å². The Hall–Kier alpha value is -2.98. The van der Waals surface area contributed by atoms with Crippen LogP contribution in [0.2, 0.25) is 0 Å². The molecule has 0 amide bonds. The monoisotopic (exact) mass is 670 g/mol. The first-order valence-corrected chi connectivity index (χ1v) is 21.0. The van der Waals surface area contributed by atoms with Gasteiger partial charge in [0.15, 0.2) is 0 Å². The van der Waals surface area contributed by atoms with E-state index in [0.717, 1.165) is 37.0 Å². The van der Waals surface area contributed by atoms with Gasteiger partial charge in [-0.2, -0.15) is 10.5 Å². The Morgan fingerprint density at radius 2 is 1.56 bits per heavy atom. The van der Waals surface area contributed by atoms with Gasteiger partial charge in [-0.15, -0.1) is 0 Å². The van der Waals surface area contributed by atoms with Crippen molar-refractivity contribution in [3.05, 3.63) is 71.1 Å². The van der Waals surface area contributed by atoms with Crippen LogP contribution in [0, 0.1) is 70.0 Å². The summed E-state index contributed by atoms with van der Waals surface area (Å²) in [6.45, 7) is 4.93. The molecule has 0 aliphatic heterocycles. The molecule has 8 aliphatic rings. The zero-order valence-corrected chi connectivity index (χ0v) is 31.1. The first-order chi connectivity index (χ1) is 24.5. The van der Waals surface area contributed by atoms with Crippen molar-refractivity contribution in [1.29, 1.82) is 10.5 Å². The minimum Gasteiger partial charge on any atom is -0.365 e. The van der Waals surface area contributed by atoms with E-state index in [1.807, 2.05) is 0 Å². The van der Waals surface area contributed by atoms with Crippen molar-refractivity contribution >= 4 is 0 Å². The van der Waals surface area contributed by atoms with Crippen LogP contribution in [0.3, 0.4) is 0 Å². The highest BCUT2D eigenvalue weighted by molar-refractivity contribution is 5.38. The maximum absolute atomic E-state index is 9.75. The van der Waals surface area contributed by atoms with Gasteiger partial charge >= 0.3 is 0 Å². The maximum atomic E-state index is 9.75. The normalized spacial score (nSPS) is 41.0. The SMILES string of the molecule is CC1=CCCCC1N(C1=CCC(C#N)C=C1)C1CCC2C=CC3=C(N(C4C=CC(C#N)CC4)C4CCCCC4C)CC4CCCCC4C3C2C1. The minimum absolute atomic E-state index is 0.0130. The number of hydrogen-bond acceptors (Lipinski definition) is 4. The van der Waals surface area contributed by atoms with Gasteiger partial charge in [-0.3, -0.25) is 0 Å². The quantitative estimate of drug-likeness (QED) is 0.264. The molecule has 4 heteroatoms. The molecule has 0 spiro atoms. The van der Waals surface area contributed by atoms with E-state index in [9.17, 15) is 10.5 Å². The van der Waals surface area contributed by atoms with Crippen LogP contribution in [-0.4, -0.2) is 34.0 Å². The molecule has 8 rings (SSSR count). The molecule has 50 heavy (non-hydrogen) atoms. The Morgan fingerprint density at radius 1 is 0.720 bits per heavy atom. The topological polar surface area (TPSA) is 54.1 Å². The second-order valence-corrected chi connectivity index (χ2v) is 17.8. The molecule has 12 unspecified atom stereocenters. The lowest BCUT2D eigenvalue weighted by Gasteiger charge is -2.56. The molecule has 3 fully saturated rings. The molecule has 0 saturated heterocycles. The first-order valence-electron chi connectivity index (χ1n) is 21.0. The maximum Gasteiger partial charge on any atom is 0.0700 e. The van der Waals surface area contributed by atoms with E-state index in [4.69, 9.17) is 0 Å². The molecule has 0 aromatic rings. The summed E-state index contributed by atoms with van der Waals surface area (Å²) in [6.07, 6.45) is 42.4.